The maximum atomic E-state index is 13.0. The Balaban J connectivity index is 1.37. The maximum absolute atomic E-state index is 13.0. The number of hydrogen-bond acceptors (Lipinski definition) is 4. The first-order valence-electron chi connectivity index (χ1n) is 10.7. The first kappa shape index (κ1) is 20.4. The molecule has 0 radical (unpaired) electrons. The van der Waals surface area contributed by atoms with E-state index < -0.39 is 0 Å². The van der Waals surface area contributed by atoms with E-state index in [0.29, 0.717) is 31.6 Å². The Morgan fingerprint density at radius 3 is 2.60 bits per heavy atom. The summed E-state index contributed by atoms with van der Waals surface area (Å²) in [6, 6.07) is 11.3. The monoisotopic (exact) mass is 407 g/mol. The number of nitrogens with zero attached hydrogens (tertiary/aromatic N) is 3. The summed E-state index contributed by atoms with van der Waals surface area (Å²) in [5, 5.41) is 0. The Kier molecular flexibility index (Phi) is 5.75. The molecular formula is C24H29N3O3. The second-order valence-electron chi connectivity index (χ2n) is 8.77. The Morgan fingerprint density at radius 2 is 1.90 bits per heavy atom. The molecule has 2 aliphatic heterocycles. The van der Waals surface area contributed by atoms with E-state index in [0.717, 1.165) is 30.7 Å². The molecule has 2 fully saturated rings. The summed E-state index contributed by atoms with van der Waals surface area (Å²) in [6.07, 6.45) is 5.89. The number of rotatable bonds is 5. The average molecular weight is 408 g/mol. The lowest BCUT2D eigenvalue weighted by Crippen LogP contribution is -2.44. The highest BCUT2D eigenvalue weighted by Gasteiger charge is 2.45. The zero-order valence-corrected chi connectivity index (χ0v) is 17.7. The van der Waals surface area contributed by atoms with E-state index in [9.17, 15) is 9.59 Å². The van der Waals surface area contributed by atoms with Crippen LogP contribution in [-0.2, 0) is 11.3 Å². The molecule has 2 aliphatic rings. The molecule has 158 valence electrons. The number of piperidine rings is 1. The molecule has 0 atom stereocenters. The molecule has 1 spiro atoms. The van der Waals surface area contributed by atoms with Gasteiger partial charge in [-0.25, -0.2) is 0 Å². The molecule has 3 heterocycles. The van der Waals surface area contributed by atoms with E-state index in [1.165, 1.54) is 0 Å². The Hall–Kier alpha value is -2.89. The summed E-state index contributed by atoms with van der Waals surface area (Å²) in [4.78, 5) is 33.5. The fraction of sp³-hybridized carbons (Fsp3) is 0.458. The van der Waals surface area contributed by atoms with Gasteiger partial charge in [-0.05, 0) is 62.6 Å². The standard InChI is InChI=1S/C24H29N3O3/c1-18(2)30-21-5-3-4-20(14-21)23(29)26-12-8-24(9-13-26)15-22(28)27(17-24)16-19-6-10-25-11-7-19/h3-7,10-11,14,18H,8-9,12-13,15-17H2,1-2H3. The molecule has 1 aromatic carbocycles. The maximum Gasteiger partial charge on any atom is 0.253 e. The van der Waals surface area contributed by atoms with Crippen molar-refractivity contribution in [3.8, 4) is 5.75 Å². The lowest BCUT2D eigenvalue weighted by Gasteiger charge is -2.39. The fourth-order valence-electron chi connectivity index (χ4n) is 4.51. The summed E-state index contributed by atoms with van der Waals surface area (Å²) in [7, 11) is 0. The number of benzene rings is 1. The molecule has 0 bridgehead atoms. The number of pyridine rings is 1. The van der Waals surface area contributed by atoms with Crippen molar-refractivity contribution in [1.29, 1.82) is 0 Å². The van der Waals surface area contributed by atoms with Crippen LogP contribution in [0.1, 0.15) is 49.0 Å². The van der Waals surface area contributed by atoms with Crippen LogP contribution in [0, 0.1) is 5.41 Å². The highest BCUT2D eigenvalue weighted by molar-refractivity contribution is 5.94. The molecule has 0 unspecified atom stereocenters. The Labute approximate surface area is 177 Å². The average Bonchev–Trinajstić information content (AvgIpc) is 3.03. The topological polar surface area (TPSA) is 62.7 Å². The van der Waals surface area contributed by atoms with Crippen molar-refractivity contribution in [2.75, 3.05) is 19.6 Å². The van der Waals surface area contributed by atoms with Crippen molar-refractivity contribution < 1.29 is 14.3 Å². The third-order valence-corrected chi connectivity index (χ3v) is 6.09. The number of carbonyl (C=O) groups excluding carboxylic acids is 2. The minimum Gasteiger partial charge on any atom is -0.491 e. The number of carbonyl (C=O) groups is 2. The predicted molar refractivity (Wildman–Crippen MR) is 114 cm³/mol. The number of aromatic nitrogens is 1. The van der Waals surface area contributed by atoms with Crippen LogP contribution in [0.15, 0.2) is 48.8 Å². The zero-order chi connectivity index (χ0) is 21.1. The first-order chi connectivity index (χ1) is 14.4. The van der Waals surface area contributed by atoms with E-state index in [1.54, 1.807) is 12.4 Å². The molecule has 0 aliphatic carbocycles. The van der Waals surface area contributed by atoms with Gasteiger partial charge < -0.3 is 14.5 Å². The van der Waals surface area contributed by atoms with E-state index in [1.807, 2.05) is 60.0 Å². The molecule has 0 saturated carbocycles. The van der Waals surface area contributed by atoms with Gasteiger partial charge in [-0.3, -0.25) is 14.6 Å². The first-order valence-corrected chi connectivity index (χ1v) is 10.7. The molecule has 2 saturated heterocycles. The predicted octanol–water partition coefficient (Wildman–Crippen LogP) is 3.52. The number of hydrogen-bond donors (Lipinski definition) is 0. The van der Waals surface area contributed by atoms with Crippen LogP contribution in [0.2, 0.25) is 0 Å². The molecule has 2 amide bonds. The van der Waals surface area contributed by atoms with Gasteiger partial charge in [0.25, 0.3) is 5.91 Å². The van der Waals surface area contributed by atoms with Crippen LogP contribution >= 0.6 is 0 Å². The van der Waals surface area contributed by atoms with Crippen molar-refractivity contribution >= 4 is 11.8 Å². The summed E-state index contributed by atoms with van der Waals surface area (Å²) >= 11 is 0. The summed E-state index contributed by atoms with van der Waals surface area (Å²) < 4.78 is 5.72. The number of ether oxygens (including phenoxy) is 1. The van der Waals surface area contributed by atoms with Crippen LogP contribution in [-0.4, -0.2) is 52.3 Å². The minimum atomic E-state index is -0.0104. The Bertz CT molecular complexity index is 905. The summed E-state index contributed by atoms with van der Waals surface area (Å²) in [5.74, 6) is 0.972. The van der Waals surface area contributed by atoms with Crippen LogP contribution in [0.25, 0.3) is 0 Å². The van der Waals surface area contributed by atoms with Gasteiger partial charge in [0.2, 0.25) is 5.91 Å². The van der Waals surface area contributed by atoms with Crippen molar-refractivity contribution in [1.82, 2.24) is 14.8 Å². The van der Waals surface area contributed by atoms with Crippen molar-refractivity contribution in [2.24, 2.45) is 5.41 Å². The van der Waals surface area contributed by atoms with Crippen LogP contribution in [0.5, 0.6) is 5.75 Å². The molecule has 4 rings (SSSR count). The quantitative estimate of drug-likeness (QED) is 0.761. The molecule has 6 heteroatoms. The van der Waals surface area contributed by atoms with Gasteiger partial charge in [0.1, 0.15) is 5.75 Å². The van der Waals surface area contributed by atoms with Crippen LogP contribution in [0.4, 0.5) is 0 Å². The lowest BCUT2D eigenvalue weighted by molar-refractivity contribution is -0.128. The van der Waals surface area contributed by atoms with Gasteiger partial charge >= 0.3 is 0 Å². The SMILES string of the molecule is CC(C)Oc1cccc(C(=O)N2CCC3(CC2)CC(=O)N(Cc2ccncc2)C3)c1. The van der Waals surface area contributed by atoms with Crippen LogP contribution < -0.4 is 4.74 Å². The van der Waals surface area contributed by atoms with Crippen molar-refractivity contribution in [3.05, 3.63) is 59.9 Å². The highest BCUT2D eigenvalue weighted by Crippen LogP contribution is 2.41. The lowest BCUT2D eigenvalue weighted by atomic mass is 9.77. The smallest absolute Gasteiger partial charge is 0.253 e. The highest BCUT2D eigenvalue weighted by atomic mass is 16.5. The second kappa shape index (κ2) is 8.46. The molecule has 0 N–H and O–H groups in total. The van der Waals surface area contributed by atoms with E-state index in [2.05, 4.69) is 4.98 Å². The van der Waals surface area contributed by atoms with Crippen molar-refractivity contribution in [3.63, 3.8) is 0 Å². The zero-order valence-electron chi connectivity index (χ0n) is 17.7. The normalized spacial score (nSPS) is 18.3. The minimum absolute atomic E-state index is 0.0104. The molecular weight excluding hydrogens is 378 g/mol. The number of amides is 2. The Morgan fingerprint density at radius 1 is 1.17 bits per heavy atom. The number of likely N-dealkylation sites (tertiary alicyclic amines) is 2. The van der Waals surface area contributed by atoms with Crippen LogP contribution in [0.3, 0.4) is 0 Å². The molecule has 1 aromatic heterocycles. The summed E-state index contributed by atoms with van der Waals surface area (Å²) in [6.45, 7) is 6.72. The van der Waals surface area contributed by atoms with E-state index >= 15 is 0 Å². The van der Waals surface area contributed by atoms with Crippen molar-refractivity contribution in [2.45, 2.75) is 45.8 Å². The van der Waals surface area contributed by atoms with E-state index in [4.69, 9.17) is 4.74 Å². The van der Waals surface area contributed by atoms with Gasteiger partial charge in [0, 0.05) is 56.0 Å². The summed E-state index contributed by atoms with van der Waals surface area (Å²) in [5.41, 5.74) is 1.75. The molecule has 2 aromatic rings. The van der Waals surface area contributed by atoms with Gasteiger partial charge in [0.15, 0.2) is 0 Å². The third-order valence-electron chi connectivity index (χ3n) is 6.09. The van der Waals surface area contributed by atoms with Gasteiger partial charge in [-0.1, -0.05) is 6.07 Å². The second-order valence-corrected chi connectivity index (χ2v) is 8.77. The molecule has 30 heavy (non-hydrogen) atoms. The van der Waals surface area contributed by atoms with Gasteiger partial charge in [-0.15, -0.1) is 0 Å². The largest absolute Gasteiger partial charge is 0.491 e. The van der Waals surface area contributed by atoms with Gasteiger partial charge in [0.05, 0.1) is 6.10 Å². The molecule has 6 nitrogen and oxygen atoms in total. The fourth-order valence-corrected chi connectivity index (χ4v) is 4.51. The van der Waals surface area contributed by atoms with E-state index in [-0.39, 0.29) is 23.3 Å². The van der Waals surface area contributed by atoms with Gasteiger partial charge in [-0.2, -0.15) is 0 Å². The third kappa shape index (κ3) is 4.48.